The van der Waals surface area contributed by atoms with Gasteiger partial charge in [-0.3, -0.25) is 0 Å². The first kappa shape index (κ1) is 20.9. The molecule has 0 aliphatic heterocycles. The van der Waals surface area contributed by atoms with Crippen LogP contribution in [0.2, 0.25) is 0 Å². The second-order valence-electron chi connectivity index (χ2n) is 3.98. The van der Waals surface area contributed by atoms with E-state index < -0.39 is 46.9 Å². The Kier molecular flexibility index (Phi) is 5.80. The second kappa shape index (κ2) is 5.83. The van der Waals surface area contributed by atoms with E-state index in [0.717, 1.165) is 0 Å². The van der Waals surface area contributed by atoms with Gasteiger partial charge in [-0.25, -0.2) is 13.2 Å². The van der Waals surface area contributed by atoms with Crippen molar-refractivity contribution < 1.29 is 52.7 Å². The van der Waals surface area contributed by atoms with Gasteiger partial charge < -0.3 is 0 Å². The molecule has 0 nitrogen and oxygen atoms in total. The lowest BCUT2D eigenvalue weighted by Gasteiger charge is -2.36. The van der Waals surface area contributed by atoms with E-state index in [1.54, 1.807) is 0 Å². The van der Waals surface area contributed by atoms with Crippen LogP contribution in [0.15, 0.2) is 0 Å². The zero-order chi connectivity index (χ0) is 17.5. The van der Waals surface area contributed by atoms with Gasteiger partial charge in [-0.1, -0.05) is 22.6 Å². The molecule has 13 heteroatoms. The normalized spacial score (nSPS) is 19.3. The molecule has 0 heterocycles. The van der Waals surface area contributed by atoms with E-state index in [2.05, 4.69) is 0 Å². The molecule has 0 aromatic heterocycles. The van der Waals surface area contributed by atoms with E-state index in [-0.39, 0.29) is 22.6 Å². The summed E-state index contributed by atoms with van der Waals surface area (Å²) in [6.45, 7) is -2.94. The summed E-state index contributed by atoms with van der Waals surface area (Å²) < 4.78 is 145. The van der Waals surface area contributed by atoms with E-state index in [1.807, 2.05) is 0 Å². The summed E-state index contributed by atoms with van der Waals surface area (Å²) >= 11 is 0.0377. The molecule has 0 bridgehead atoms. The molecular formula is C8H5F12I. The molecule has 0 N–H and O–H groups in total. The molecule has 0 aromatic rings. The predicted molar refractivity (Wildman–Crippen MR) is 54.2 cm³/mol. The summed E-state index contributed by atoms with van der Waals surface area (Å²) in [6.07, 6.45) is -22.1. The third-order valence-corrected chi connectivity index (χ3v) is 3.78. The molecule has 0 saturated heterocycles. The fourth-order valence-corrected chi connectivity index (χ4v) is 2.59. The highest BCUT2D eigenvalue weighted by molar-refractivity contribution is 14.1. The summed E-state index contributed by atoms with van der Waals surface area (Å²) in [4.78, 5) is 0. The molecule has 0 fully saturated rings. The molecule has 0 radical (unpaired) electrons. The number of hydrogen-bond acceptors (Lipinski definition) is 0. The van der Waals surface area contributed by atoms with Crippen molar-refractivity contribution in [3.8, 4) is 0 Å². The third-order valence-electron chi connectivity index (χ3n) is 2.48. The Hall–Kier alpha value is -0.110. The lowest BCUT2D eigenvalue weighted by molar-refractivity contribution is -0.343. The number of halogens is 13. The van der Waals surface area contributed by atoms with Crippen LogP contribution < -0.4 is 0 Å². The SMILES string of the molecule is FCC(F)(CC(I)C(F)(C(F)(F)F)C(F)(F)F)C(F)(F)F. The van der Waals surface area contributed by atoms with Gasteiger partial charge in [0, 0.05) is 6.42 Å². The smallest absolute Gasteiger partial charge is 0.247 e. The van der Waals surface area contributed by atoms with E-state index in [4.69, 9.17) is 0 Å². The van der Waals surface area contributed by atoms with Gasteiger partial charge in [0.2, 0.25) is 5.67 Å². The molecule has 0 amide bonds. The molecule has 128 valence electrons. The number of hydrogen-bond donors (Lipinski definition) is 0. The molecule has 21 heavy (non-hydrogen) atoms. The minimum absolute atomic E-state index is 0.0377. The Morgan fingerprint density at radius 2 is 1.00 bits per heavy atom. The van der Waals surface area contributed by atoms with Gasteiger partial charge in [-0.15, -0.1) is 0 Å². The maximum Gasteiger partial charge on any atom is 0.432 e. The highest BCUT2D eigenvalue weighted by Crippen LogP contribution is 2.53. The van der Waals surface area contributed by atoms with Gasteiger partial charge >= 0.3 is 24.2 Å². The zero-order valence-corrected chi connectivity index (χ0v) is 11.6. The molecule has 2 atom stereocenters. The Bertz CT molecular complexity index is 340. The first-order valence-electron chi connectivity index (χ1n) is 4.72. The van der Waals surface area contributed by atoms with Gasteiger partial charge in [0.05, 0.1) is 3.92 Å². The zero-order valence-electron chi connectivity index (χ0n) is 9.41. The maximum atomic E-state index is 13.3. The molecule has 0 aliphatic rings. The monoisotopic (exact) mass is 456 g/mol. The van der Waals surface area contributed by atoms with Gasteiger partial charge in [0.25, 0.3) is 0 Å². The first-order chi connectivity index (χ1) is 8.94. The summed E-state index contributed by atoms with van der Waals surface area (Å²) in [5.41, 5.74) is -11.1. The lowest BCUT2D eigenvalue weighted by atomic mass is 9.90. The van der Waals surface area contributed by atoms with E-state index in [0.29, 0.717) is 0 Å². The van der Waals surface area contributed by atoms with Crippen LogP contribution in [0.25, 0.3) is 0 Å². The molecule has 2 unspecified atom stereocenters. The molecule has 0 spiro atoms. The van der Waals surface area contributed by atoms with Crippen molar-refractivity contribution in [2.75, 3.05) is 6.67 Å². The van der Waals surface area contributed by atoms with Gasteiger partial charge in [-0.2, -0.15) is 39.5 Å². The van der Waals surface area contributed by atoms with Crippen LogP contribution in [0.3, 0.4) is 0 Å². The van der Waals surface area contributed by atoms with Crippen LogP contribution in [0.4, 0.5) is 52.7 Å². The van der Waals surface area contributed by atoms with E-state index >= 15 is 0 Å². The molecule has 0 rings (SSSR count). The van der Waals surface area contributed by atoms with Crippen LogP contribution >= 0.6 is 22.6 Å². The maximum absolute atomic E-state index is 13.3. The highest BCUT2D eigenvalue weighted by Gasteiger charge is 2.77. The minimum atomic E-state index is -6.65. The average molecular weight is 456 g/mol. The Labute approximate surface area is 123 Å². The highest BCUT2D eigenvalue weighted by atomic mass is 127. The Morgan fingerprint density at radius 1 is 0.667 bits per heavy atom. The van der Waals surface area contributed by atoms with E-state index in [1.165, 1.54) is 0 Å². The Balaban J connectivity index is 5.71. The second-order valence-corrected chi connectivity index (χ2v) is 5.48. The largest absolute Gasteiger partial charge is 0.432 e. The van der Waals surface area contributed by atoms with Crippen molar-refractivity contribution in [1.29, 1.82) is 0 Å². The Morgan fingerprint density at radius 3 is 1.19 bits per heavy atom. The van der Waals surface area contributed by atoms with Crippen molar-refractivity contribution in [1.82, 2.24) is 0 Å². The first-order valence-corrected chi connectivity index (χ1v) is 5.96. The van der Waals surface area contributed by atoms with Crippen molar-refractivity contribution in [3.05, 3.63) is 0 Å². The quantitative estimate of drug-likeness (QED) is 0.308. The van der Waals surface area contributed by atoms with Crippen LogP contribution in [-0.2, 0) is 0 Å². The third kappa shape index (κ3) is 3.81. The number of rotatable bonds is 4. The van der Waals surface area contributed by atoms with Crippen molar-refractivity contribution in [2.24, 2.45) is 0 Å². The fourth-order valence-electron chi connectivity index (χ4n) is 1.19. The van der Waals surface area contributed by atoms with Crippen LogP contribution in [0, 0.1) is 0 Å². The molecule has 0 saturated carbocycles. The van der Waals surface area contributed by atoms with Crippen LogP contribution in [0.5, 0.6) is 0 Å². The predicted octanol–water partition coefficient (Wildman–Crippen LogP) is 5.25. The number of alkyl halides is 13. The minimum Gasteiger partial charge on any atom is -0.247 e. The van der Waals surface area contributed by atoms with Crippen LogP contribution in [0.1, 0.15) is 6.42 Å². The van der Waals surface area contributed by atoms with Gasteiger partial charge in [0.1, 0.15) is 6.67 Å². The van der Waals surface area contributed by atoms with E-state index in [9.17, 15) is 52.7 Å². The van der Waals surface area contributed by atoms with Gasteiger partial charge in [0.15, 0.2) is 0 Å². The van der Waals surface area contributed by atoms with Crippen LogP contribution in [-0.4, -0.2) is 40.5 Å². The standard InChI is InChI=1S/C8H5F12I/c9-2-4(10,6(12,13)14)1-3(21)5(11,7(15,16)17)8(18,19)20/h3H,1-2H2. The summed E-state index contributed by atoms with van der Waals surface area (Å²) in [5, 5.41) is 0. The van der Waals surface area contributed by atoms with Crippen molar-refractivity contribution in [3.63, 3.8) is 0 Å². The fraction of sp³-hybridized carbons (Fsp3) is 1.00. The summed E-state index contributed by atoms with van der Waals surface area (Å²) in [6, 6.07) is 0. The molecule has 0 aliphatic carbocycles. The van der Waals surface area contributed by atoms with Gasteiger partial charge in [-0.05, 0) is 0 Å². The molecular weight excluding hydrogens is 451 g/mol. The van der Waals surface area contributed by atoms with Crippen molar-refractivity contribution >= 4 is 22.6 Å². The topological polar surface area (TPSA) is 0 Å². The van der Waals surface area contributed by atoms with Crippen molar-refractivity contribution in [2.45, 2.75) is 40.2 Å². The molecule has 0 aromatic carbocycles. The average Bonchev–Trinajstić information content (AvgIpc) is 2.22. The lowest BCUT2D eigenvalue weighted by Crippen LogP contribution is -2.61. The summed E-state index contributed by atoms with van der Waals surface area (Å²) in [5.74, 6) is 0. The summed E-state index contributed by atoms with van der Waals surface area (Å²) in [7, 11) is 0.